The van der Waals surface area contributed by atoms with Crippen molar-refractivity contribution in [3.05, 3.63) is 0 Å². The summed E-state index contributed by atoms with van der Waals surface area (Å²) in [5, 5.41) is 3.80. The number of nitrogens with zero attached hydrogens (tertiary/aromatic N) is 2. The van der Waals surface area contributed by atoms with E-state index in [0.717, 1.165) is 12.6 Å². The summed E-state index contributed by atoms with van der Waals surface area (Å²) >= 11 is 0. The summed E-state index contributed by atoms with van der Waals surface area (Å²) in [7, 11) is 4.63. The van der Waals surface area contributed by atoms with Crippen molar-refractivity contribution in [3.8, 4) is 0 Å². The Bertz CT molecular complexity index is 295. The number of piperidine rings is 1. The molecule has 0 aromatic heterocycles. The molecule has 3 heteroatoms. The summed E-state index contributed by atoms with van der Waals surface area (Å²) in [6, 6.07) is 2.14. The molecule has 1 saturated heterocycles. The second kappa shape index (κ2) is 6.76. The molecule has 0 bridgehead atoms. The van der Waals surface area contributed by atoms with Crippen LogP contribution in [-0.4, -0.2) is 61.7 Å². The smallest absolute Gasteiger partial charge is 0.0274 e. The standard InChI is InChI=1S/C17H35N3/c1-6-18-16-15(8-7-11-17(16,2)3)20(5)14-9-12-19(4)13-10-14/h14-16,18H,6-13H2,1-5H3. The number of nitrogens with one attached hydrogen (secondary N) is 1. The van der Waals surface area contributed by atoms with Gasteiger partial charge in [-0.05, 0) is 64.8 Å². The van der Waals surface area contributed by atoms with Crippen LogP contribution in [0.25, 0.3) is 0 Å². The van der Waals surface area contributed by atoms with Crippen molar-refractivity contribution in [2.24, 2.45) is 5.41 Å². The highest BCUT2D eigenvalue weighted by Gasteiger charge is 2.41. The van der Waals surface area contributed by atoms with Crippen LogP contribution in [0.5, 0.6) is 0 Å². The van der Waals surface area contributed by atoms with Crippen LogP contribution in [0.3, 0.4) is 0 Å². The van der Waals surface area contributed by atoms with Crippen LogP contribution in [-0.2, 0) is 0 Å². The van der Waals surface area contributed by atoms with Crippen LogP contribution in [0.15, 0.2) is 0 Å². The molecule has 1 saturated carbocycles. The second-order valence-corrected chi connectivity index (χ2v) is 7.68. The Morgan fingerprint density at radius 3 is 2.45 bits per heavy atom. The quantitative estimate of drug-likeness (QED) is 0.854. The lowest BCUT2D eigenvalue weighted by molar-refractivity contribution is 0.0232. The summed E-state index contributed by atoms with van der Waals surface area (Å²) in [5.74, 6) is 0. The number of likely N-dealkylation sites (N-methyl/N-ethyl adjacent to an activating group) is 2. The van der Waals surface area contributed by atoms with E-state index in [9.17, 15) is 0 Å². The monoisotopic (exact) mass is 281 g/mol. The Hall–Kier alpha value is -0.120. The van der Waals surface area contributed by atoms with E-state index < -0.39 is 0 Å². The molecule has 0 radical (unpaired) electrons. The van der Waals surface area contributed by atoms with E-state index in [1.807, 2.05) is 0 Å². The van der Waals surface area contributed by atoms with Crippen LogP contribution < -0.4 is 5.32 Å². The van der Waals surface area contributed by atoms with Crippen molar-refractivity contribution in [2.45, 2.75) is 71.0 Å². The Morgan fingerprint density at radius 1 is 1.20 bits per heavy atom. The molecule has 0 aromatic carbocycles. The van der Waals surface area contributed by atoms with Crippen LogP contribution >= 0.6 is 0 Å². The SMILES string of the molecule is CCNC1C(N(C)C2CCN(C)CC2)CCCC1(C)C. The van der Waals surface area contributed by atoms with E-state index in [-0.39, 0.29) is 0 Å². The van der Waals surface area contributed by atoms with Crippen molar-refractivity contribution >= 4 is 0 Å². The second-order valence-electron chi connectivity index (χ2n) is 7.68. The maximum absolute atomic E-state index is 3.80. The van der Waals surface area contributed by atoms with Crippen molar-refractivity contribution < 1.29 is 0 Å². The summed E-state index contributed by atoms with van der Waals surface area (Å²) in [4.78, 5) is 5.19. The van der Waals surface area contributed by atoms with Gasteiger partial charge in [-0.1, -0.05) is 27.2 Å². The first kappa shape index (κ1) is 16.3. The van der Waals surface area contributed by atoms with E-state index >= 15 is 0 Å². The first-order valence-electron chi connectivity index (χ1n) is 8.59. The third kappa shape index (κ3) is 3.55. The maximum atomic E-state index is 3.80. The summed E-state index contributed by atoms with van der Waals surface area (Å²) in [5.41, 5.74) is 0.429. The van der Waals surface area contributed by atoms with E-state index in [1.165, 1.54) is 45.2 Å². The number of likely N-dealkylation sites (tertiary alicyclic amines) is 1. The van der Waals surface area contributed by atoms with Crippen LogP contribution in [0.1, 0.15) is 52.9 Å². The minimum atomic E-state index is 0.429. The van der Waals surface area contributed by atoms with Crippen LogP contribution in [0.2, 0.25) is 0 Å². The third-order valence-electron chi connectivity index (χ3n) is 5.76. The number of hydrogen-bond donors (Lipinski definition) is 1. The minimum Gasteiger partial charge on any atom is -0.312 e. The van der Waals surface area contributed by atoms with Gasteiger partial charge < -0.3 is 10.2 Å². The molecule has 2 unspecified atom stereocenters. The van der Waals surface area contributed by atoms with Gasteiger partial charge in [-0.3, -0.25) is 4.90 Å². The fourth-order valence-corrected chi connectivity index (χ4v) is 4.35. The zero-order valence-corrected chi connectivity index (χ0v) is 14.3. The highest BCUT2D eigenvalue weighted by molar-refractivity contribution is 4.99. The maximum Gasteiger partial charge on any atom is 0.0274 e. The molecule has 1 N–H and O–H groups in total. The largest absolute Gasteiger partial charge is 0.312 e. The van der Waals surface area contributed by atoms with E-state index in [0.29, 0.717) is 17.5 Å². The molecule has 1 aliphatic carbocycles. The number of hydrogen-bond acceptors (Lipinski definition) is 3. The fourth-order valence-electron chi connectivity index (χ4n) is 4.35. The molecule has 118 valence electrons. The molecule has 0 spiro atoms. The molecule has 2 fully saturated rings. The Kier molecular flexibility index (Phi) is 5.49. The van der Waals surface area contributed by atoms with Crippen molar-refractivity contribution in [1.29, 1.82) is 0 Å². The molecule has 1 aliphatic heterocycles. The summed E-state index contributed by atoms with van der Waals surface area (Å²) < 4.78 is 0. The highest BCUT2D eigenvalue weighted by atomic mass is 15.2. The van der Waals surface area contributed by atoms with Gasteiger partial charge in [0.25, 0.3) is 0 Å². The van der Waals surface area contributed by atoms with Gasteiger partial charge in [0.15, 0.2) is 0 Å². The lowest BCUT2D eigenvalue weighted by Crippen LogP contribution is -2.60. The Morgan fingerprint density at radius 2 is 1.85 bits per heavy atom. The van der Waals surface area contributed by atoms with Gasteiger partial charge in [-0.15, -0.1) is 0 Å². The van der Waals surface area contributed by atoms with Crippen molar-refractivity contribution in [1.82, 2.24) is 15.1 Å². The van der Waals surface area contributed by atoms with Crippen LogP contribution in [0.4, 0.5) is 0 Å². The summed E-state index contributed by atoms with van der Waals surface area (Å²) in [6.45, 7) is 10.8. The van der Waals surface area contributed by atoms with Gasteiger partial charge in [0.1, 0.15) is 0 Å². The van der Waals surface area contributed by atoms with E-state index in [1.54, 1.807) is 0 Å². The average molecular weight is 281 g/mol. The van der Waals surface area contributed by atoms with Gasteiger partial charge in [0.2, 0.25) is 0 Å². The average Bonchev–Trinajstić information content (AvgIpc) is 2.41. The molecule has 2 aliphatic rings. The molecule has 2 atom stereocenters. The first-order valence-corrected chi connectivity index (χ1v) is 8.59. The molecule has 0 aromatic rings. The van der Waals surface area contributed by atoms with Crippen molar-refractivity contribution in [3.63, 3.8) is 0 Å². The Labute approximate surface area is 126 Å². The molecular weight excluding hydrogens is 246 g/mol. The van der Waals surface area contributed by atoms with Gasteiger partial charge in [-0.25, -0.2) is 0 Å². The molecule has 1 heterocycles. The molecule has 3 nitrogen and oxygen atoms in total. The fraction of sp³-hybridized carbons (Fsp3) is 1.00. The minimum absolute atomic E-state index is 0.429. The molecular formula is C17H35N3. The normalized spacial score (nSPS) is 32.7. The van der Waals surface area contributed by atoms with Gasteiger partial charge in [0, 0.05) is 18.1 Å². The van der Waals surface area contributed by atoms with Gasteiger partial charge >= 0.3 is 0 Å². The van der Waals surface area contributed by atoms with E-state index in [2.05, 4.69) is 50.0 Å². The highest BCUT2D eigenvalue weighted by Crippen LogP contribution is 2.38. The molecule has 0 amide bonds. The lowest BCUT2D eigenvalue weighted by atomic mass is 9.70. The van der Waals surface area contributed by atoms with E-state index in [4.69, 9.17) is 0 Å². The third-order valence-corrected chi connectivity index (χ3v) is 5.76. The molecule has 2 rings (SSSR count). The molecule has 20 heavy (non-hydrogen) atoms. The van der Waals surface area contributed by atoms with Gasteiger partial charge in [-0.2, -0.15) is 0 Å². The Balaban J connectivity index is 2.04. The number of rotatable bonds is 4. The predicted octanol–water partition coefficient (Wildman–Crippen LogP) is 2.57. The topological polar surface area (TPSA) is 18.5 Å². The zero-order valence-electron chi connectivity index (χ0n) is 14.3. The predicted molar refractivity (Wildman–Crippen MR) is 87.2 cm³/mol. The van der Waals surface area contributed by atoms with Crippen LogP contribution in [0, 0.1) is 5.41 Å². The summed E-state index contributed by atoms with van der Waals surface area (Å²) in [6.07, 6.45) is 6.79. The zero-order chi connectivity index (χ0) is 14.8. The van der Waals surface area contributed by atoms with Gasteiger partial charge in [0.05, 0.1) is 0 Å². The first-order chi connectivity index (χ1) is 9.45. The lowest BCUT2D eigenvalue weighted by Gasteiger charge is -2.50. The van der Waals surface area contributed by atoms with Crippen molar-refractivity contribution in [2.75, 3.05) is 33.7 Å².